The first-order valence-electron chi connectivity index (χ1n) is 8.63. The first-order valence-corrected chi connectivity index (χ1v) is 8.63. The highest BCUT2D eigenvalue weighted by molar-refractivity contribution is 5.88. The van der Waals surface area contributed by atoms with Gasteiger partial charge in [0.25, 0.3) is 0 Å². The summed E-state index contributed by atoms with van der Waals surface area (Å²) in [5, 5.41) is 10.6. The molecule has 7 nitrogen and oxygen atoms in total. The molecule has 0 bridgehead atoms. The predicted octanol–water partition coefficient (Wildman–Crippen LogP) is 2.07. The Morgan fingerprint density at radius 3 is 2.26 bits per heavy atom. The average Bonchev–Trinajstić information content (AvgIpc) is 2.64. The minimum atomic E-state index is -0.404. The van der Waals surface area contributed by atoms with Crippen molar-refractivity contribution in [3.63, 3.8) is 0 Å². The van der Waals surface area contributed by atoms with Crippen molar-refractivity contribution in [2.75, 3.05) is 11.9 Å². The number of anilines is 1. The lowest BCUT2D eigenvalue weighted by Crippen LogP contribution is -2.41. The molecule has 0 unspecified atom stereocenters. The molecule has 0 heterocycles. The lowest BCUT2D eigenvalue weighted by atomic mass is 10.1. The van der Waals surface area contributed by atoms with Crippen molar-refractivity contribution in [3.8, 4) is 0 Å². The topological polar surface area (TPSA) is 99.3 Å². The highest BCUT2D eigenvalue weighted by Gasteiger charge is 2.06. The van der Waals surface area contributed by atoms with Crippen molar-refractivity contribution in [3.05, 3.63) is 65.2 Å². The first kappa shape index (κ1) is 20.0. The summed E-state index contributed by atoms with van der Waals surface area (Å²) < 4.78 is 0. The quantitative estimate of drug-likeness (QED) is 0.602. The highest BCUT2D eigenvalue weighted by atomic mass is 16.2. The van der Waals surface area contributed by atoms with E-state index in [1.165, 1.54) is 6.92 Å². The number of carbonyl (C=O) groups is 3. The van der Waals surface area contributed by atoms with Crippen molar-refractivity contribution in [1.82, 2.24) is 16.0 Å². The summed E-state index contributed by atoms with van der Waals surface area (Å²) in [7, 11) is 0. The van der Waals surface area contributed by atoms with Crippen molar-refractivity contribution < 1.29 is 14.4 Å². The molecule has 142 valence electrons. The Balaban J connectivity index is 1.69. The number of amides is 4. The van der Waals surface area contributed by atoms with Crippen LogP contribution in [0, 0.1) is 6.92 Å². The van der Waals surface area contributed by atoms with Gasteiger partial charge in [0.1, 0.15) is 0 Å². The van der Waals surface area contributed by atoms with Crippen LogP contribution in [0.4, 0.5) is 10.5 Å². The van der Waals surface area contributed by atoms with Gasteiger partial charge in [0, 0.05) is 25.7 Å². The largest absolute Gasteiger partial charge is 0.350 e. The maximum Gasteiger partial charge on any atom is 0.315 e. The van der Waals surface area contributed by atoms with Gasteiger partial charge in [-0.3, -0.25) is 9.59 Å². The normalized spacial score (nSPS) is 10.0. The Morgan fingerprint density at radius 1 is 0.852 bits per heavy atom. The van der Waals surface area contributed by atoms with Crippen LogP contribution in [-0.4, -0.2) is 24.4 Å². The zero-order valence-electron chi connectivity index (χ0n) is 15.5. The molecule has 2 aromatic rings. The maximum atomic E-state index is 11.9. The summed E-state index contributed by atoms with van der Waals surface area (Å²) in [6, 6.07) is 14.6. The van der Waals surface area contributed by atoms with Gasteiger partial charge in [-0.05, 0) is 30.2 Å². The predicted molar refractivity (Wildman–Crippen MR) is 104 cm³/mol. The van der Waals surface area contributed by atoms with E-state index in [9.17, 15) is 14.4 Å². The SMILES string of the molecule is CC(=O)Nc1cccc(CNC(=O)CNC(=O)NCc2ccc(C)cc2)c1. The lowest BCUT2D eigenvalue weighted by Gasteiger charge is -2.10. The number of rotatable bonds is 7. The fraction of sp³-hybridized carbons (Fsp3) is 0.250. The Hall–Kier alpha value is -3.35. The number of urea groups is 1. The van der Waals surface area contributed by atoms with E-state index in [1.807, 2.05) is 37.3 Å². The molecular formula is C20H24N4O3. The minimum absolute atomic E-state index is 0.120. The lowest BCUT2D eigenvalue weighted by molar-refractivity contribution is -0.120. The van der Waals surface area contributed by atoms with Crippen LogP contribution in [0.5, 0.6) is 0 Å². The second-order valence-corrected chi connectivity index (χ2v) is 6.18. The van der Waals surface area contributed by atoms with Crippen LogP contribution in [0.3, 0.4) is 0 Å². The van der Waals surface area contributed by atoms with E-state index < -0.39 is 6.03 Å². The van der Waals surface area contributed by atoms with Crippen molar-refractivity contribution in [2.45, 2.75) is 26.9 Å². The highest BCUT2D eigenvalue weighted by Crippen LogP contribution is 2.10. The van der Waals surface area contributed by atoms with E-state index >= 15 is 0 Å². The molecule has 0 fully saturated rings. The van der Waals surface area contributed by atoms with E-state index in [0.29, 0.717) is 18.8 Å². The third-order valence-corrected chi connectivity index (χ3v) is 3.72. The second kappa shape index (κ2) is 9.96. The Morgan fingerprint density at radius 2 is 1.56 bits per heavy atom. The van der Waals surface area contributed by atoms with Gasteiger partial charge < -0.3 is 21.3 Å². The summed E-state index contributed by atoms with van der Waals surface area (Å²) >= 11 is 0. The summed E-state index contributed by atoms with van der Waals surface area (Å²) in [5.41, 5.74) is 3.66. The summed E-state index contributed by atoms with van der Waals surface area (Å²) in [6.07, 6.45) is 0. The zero-order chi connectivity index (χ0) is 19.6. The van der Waals surface area contributed by atoms with Gasteiger partial charge in [-0.1, -0.05) is 42.0 Å². The molecule has 2 aromatic carbocycles. The van der Waals surface area contributed by atoms with Crippen LogP contribution in [0.2, 0.25) is 0 Å². The molecule has 4 N–H and O–H groups in total. The van der Waals surface area contributed by atoms with Gasteiger partial charge in [0.15, 0.2) is 0 Å². The van der Waals surface area contributed by atoms with Crippen LogP contribution in [0.1, 0.15) is 23.6 Å². The zero-order valence-corrected chi connectivity index (χ0v) is 15.5. The van der Waals surface area contributed by atoms with Crippen LogP contribution in [-0.2, 0) is 22.7 Å². The van der Waals surface area contributed by atoms with Gasteiger partial charge >= 0.3 is 6.03 Å². The second-order valence-electron chi connectivity index (χ2n) is 6.18. The Kier molecular flexibility index (Phi) is 7.37. The van der Waals surface area contributed by atoms with Crippen LogP contribution >= 0.6 is 0 Å². The van der Waals surface area contributed by atoms with E-state index in [2.05, 4.69) is 21.3 Å². The van der Waals surface area contributed by atoms with E-state index in [0.717, 1.165) is 16.7 Å². The van der Waals surface area contributed by atoms with E-state index in [4.69, 9.17) is 0 Å². The number of nitrogens with one attached hydrogen (secondary N) is 4. The minimum Gasteiger partial charge on any atom is -0.350 e. The molecular weight excluding hydrogens is 344 g/mol. The maximum absolute atomic E-state index is 11.9. The molecule has 0 aliphatic carbocycles. The van der Waals surface area contributed by atoms with Gasteiger partial charge in [0.05, 0.1) is 6.54 Å². The van der Waals surface area contributed by atoms with Crippen molar-refractivity contribution in [2.24, 2.45) is 0 Å². The monoisotopic (exact) mass is 368 g/mol. The molecule has 7 heteroatoms. The summed E-state index contributed by atoms with van der Waals surface area (Å²) in [6.45, 7) is 4.01. The number of benzene rings is 2. The summed E-state index contributed by atoms with van der Waals surface area (Å²) in [5.74, 6) is -0.456. The van der Waals surface area contributed by atoms with Crippen molar-refractivity contribution in [1.29, 1.82) is 0 Å². The number of carbonyl (C=O) groups excluding carboxylic acids is 3. The van der Waals surface area contributed by atoms with Crippen molar-refractivity contribution >= 4 is 23.5 Å². The summed E-state index contributed by atoms with van der Waals surface area (Å²) in [4.78, 5) is 34.7. The molecule has 2 rings (SSSR count). The molecule has 27 heavy (non-hydrogen) atoms. The molecule has 0 aliphatic heterocycles. The number of hydrogen-bond acceptors (Lipinski definition) is 3. The van der Waals surface area contributed by atoms with Gasteiger partial charge in [-0.25, -0.2) is 4.79 Å². The van der Waals surface area contributed by atoms with E-state index in [1.54, 1.807) is 18.2 Å². The average molecular weight is 368 g/mol. The number of aryl methyl sites for hydroxylation is 1. The smallest absolute Gasteiger partial charge is 0.315 e. The standard InChI is InChI=1S/C20H24N4O3/c1-14-6-8-16(9-7-14)11-22-20(27)23-13-19(26)21-12-17-4-3-5-18(10-17)24-15(2)25/h3-10H,11-13H2,1-2H3,(H,21,26)(H,24,25)(H2,22,23,27). The molecule has 4 amide bonds. The molecule has 0 atom stereocenters. The fourth-order valence-corrected chi connectivity index (χ4v) is 2.34. The van der Waals surface area contributed by atoms with E-state index in [-0.39, 0.29) is 18.4 Å². The number of hydrogen-bond donors (Lipinski definition) is 4. The fourth-order valence-electron chi connectivity index (χ4n) is 2.34. The first-order chi connectivity index (χ1) is 12.9. The molecule has 0 aromatic heterocycles. The molecule has 0 aliphatic rings. The third-order valence-electron chi connectivity index (χ3n) is 3.72. The van der Waals surface area contributed by atoms with Crippen LogP contribution in [0.15, 0.2) is 48.5 Å². The Bertz CT molecular complexity index is 803. The Labute approximate surface area is 158 Å². The van der Waals surface area contributed by atoms with Crippen LogP contribution in [0.25, 0.3) is 0 Å². The third kappa shape index (κ3) is 7.60. The van der Waals surface area contributed by atoms with Gasteiger partial charge in [-0.15, -0.1) is 0 Å². The molecule has 0 spiro atoms. The molecule has 0 radical (unpaired) electrons. The van der Waals surface area contributed by atoms with Gasteiger partial charge in [0.2, 0.25) is 11.8 Å². The van der Waals surface area contributed by atoms with Crippen LogP contribution < -0.4 is 21.3 Å². The van der Waals surface area contributed by atoms with Gasteiger partial charge in [-0.2, -0.15) is 0 Å². The molecule has 0 saturated carbocycles. The molecule has 0 saturated heterocycles.